The van der Waals surface area contributed by atoms with Gasteiger partial charge in [-0.15, -0.1) is 0 Å². The standard InChI is InChI=1S/C17H17NO4/c1-9(19)10-4-6-13(7-5-10)18-16(20)14-11-2-3-12(8-11)15(14)17(21)22/h2-7,11-12,14-15H,8H2,1H3,(H,18,20)(H,21,22)/p-1/t11-,12+,14+,15+/m1/s1. The summed E-state index contributed by atoms with van der Waals surface area (Å²) in [5.74, 6) is -3.01. The molecule has 3 rings (SSSR count). The molecular weight excluding hydrogens is 282 g/mol. The second-order valence-electron chi connectivity index (χ2n) is 5.94. The molecule has 2 bridgehead atoms. The third kappa shape index (κ3) is 2.43. The number of fused-ring (bicyclic) bond motifs is 2. The van der Waals surface area contributed by atoms with Crippen LogP contribution in [0, 0.1) is 23.7 Å². The van der Waals surface area contributed by atoms with Crippen molar-refractivity contribution in [2.24, 2.45) is 23.7 Å². The highest BCUT2D eigenvalue weighted by Crippen LogP contribution is 2.48. The molecule has 0 spiro atoms. The van der Waals surface area contributed by atoms with Crippen LogP contribution in [-0.4, -0.2) is 17.7 Å². The number of nitrogens with one attached hydrogen (secondary N) is 1. The minimum Gasteiger partial charge on any atom is -0.550 e. The van der Waals surface area contributed by atoms with Crippen molar-refractivity contribution in [1.29, 1.82) is 0 Å². The normalized spacial score (nSPS) is 28.6. The molecule has 2 aliphatic carbocycles. The lowest BCUT2D eigenvalue weighted by Crippen LogP contribution is -2.42. The molecule has 0 heterocycles. The fourth-order valence-corrected chi connectivity index (χ4v) is 3.51. The van der Waals surface area contributed by atoms with Gasteiger partial charge in [0, 0.05) is 23.1 Å². The van der Waals surface area contributed by atoms with Crippen LogP contribution in [0.4, 0.5) is 5.69 Å². The van der Waals surface area contributed by atoms with Gasteiger partial charge in [-0.1, -0.05) is 12.2 Å². The molecule has 0 aliphatic heterocycles. The number of amides is 1. The third-order valence-corrected chi connectivity index (χ3v) is 4.59. The van der Waals surface area contributed by atoms with Crippen molar-refractivity contribution >= 4 is 23.3 Å². The first-order valence-corrected chi connectivity index (χ1v) is 7.28. The summed E-state index contributed by atoms with van der Waals surface area (Å²) in [7, 11) is 0. The van der Waals surface area contributed by atoms with Crippen molar-refractivity contribution in [3.05, 3.63) is 42.0 Å². The molecule has 2 aliphatic rings. The van der Waals surface area contributed by atoms with Gasteiger partial charge >= 0.3 is 0 Å². The number of carboxylic acids is 1. The van der Waals surface area contributed by atoms with Gasteiger partial charge in [0.25, 0.3) is 0 Å². The lowest BCUT2D eigenvalue weighted by atomic mass is 9.82. The Morgan fingerprint density at radius 3 is 2.18 bits per heavy atom. The van der Waals surface area contributed by atoms with Crippen LogP contribution in [0.2, 0.25) is 0 Å². The van der Waals surface area contributed by atoms with Crippen molar-refractivity contribution < 1.29 is 19.5 Å². The second-order valence-corrected chi connectivity index (χ2v) is 5.94. The fraction of sp³-hybridized carbons (Fsp3) is 0.353. The van der Waals surface area contributed by atoms with Gasteiger partial charge in [0.15, 0.2) is 5.78 Å². The molecule has 0 aromatic heterocycles. The van der Waals surface area contributed by atoms with E-state index in [2.05, 4.69) is 5.32 Å². The van der Waals surface area contributed by atoms with Gasteiger partial charge in [-0.05, 0) is 49.4 Å². The summed E-state index contributed by atoms with van der Waals surface area (Å²) < 4.78 is 0. The van der Waals surface area contributed by atoms with Crippen molar-refractivity contribution in [2.75, 3.05) is 5.32 Å². The molecule has 4 atom stereocenters. The van der Waals surface area contributed by atoms with Crippen LogP contribution in [0.5, 0.6) is 0 Å². The number of allylic oxidation sites excluding steroid dienone is 2. The van der Waals surface area contributed by atoms with E-state index in [1.807, 2.05) is 12.2 Å². The monoisotopic (exact) mass is 298 g/mol. The first-order valence-electron chi connectivity index (χ1n) is 7.28. The molecule has 1 fully saturated rings. The molecule has 22 heavy (non-hydrogen) atoms. The van der Waals surface area contributed by atoms with E-state index in [1.54, 1.807) is 24.3 Å². The molecule has 0 radical (unpaired) electrons. The number of ketones is 1. The van der Waals surface area contributed by atoms with Gasteiger partial charge in [0.2, 0.25) is 5.91 Å². The number of hydrogen-bond acceptors (Lipinski definition) is 4. The molecule has 1 saturated carbocycles. The highest BCUT2D eigenvalue weighted by molar-refractivity contribution is 5.97. The Kier molecular flexibility index (Phi) is 3.56. The maximum absolute atomic E-state index is 12.4. The fourth-order valence-electron chi connectivity index (χ4n) is 3.51. The second kappa shape index (κ2) is 5.40. The van der Waals surface area contributed by atoms with E-state index in [0.717, 1.165) is 0 Å². The molecular formula is C17H16NO4-. The lowest BCUT2D eigenvalue weighted by Gasteiger charge is -2.27. The Hall–Kier alpha value is -2.43. The molecule has 0 saturated heterocycles. The molecule has 0 unspecified atom stereocenters. The molecule has 5 nitrogen and oxygen atoms in total. The van der Waals surface area contributed by atoms with Crippen molar-refractivity contribution in [3.63, 3.8) is 0 Å². The Balaban J connectivity index is 1.75. The number of carbonyl (C=O) groups excluding carboxylic acids is 3. The van der Waals surface area contributed by atoms with Gasteiger partial charge in [-0.3, -0.25) is 9.59 Å². The Bertz CT molecular complexity index is 662. The minimum absolute atomic E-state index is 0.0376. The summed E-state index contributed by atoms with van der Waals surface area (Å²) in [6.45, 7) is 1.47. The van der Waals surface area contributed by atoms with Gasteiger partial charge in [-0.2, -0.15) is 0 Å². The highest BCUT2D eigenvalue weighted by Gasteiger charge is 2.48. The van der Waals surface area contributed by atoms with Crippen molar-refractivity contribution in [1.82, 2.24) is 0 Å². The van der Waals surface area contributed by atoms with E-state index in [0.29, 0.717) is 17.7 Å². The molecule has 1 aromatic rings. The topological polar surface area (TPSA) is 86.3 Å². The Labute approximate surface area is 128 Å². The number of carbonyl (C=O) groups is 3. The van der Waals surface area contributed by atoms with Crippen LogP contribution < -0.4 is 10.4 Å². The molecule has 1 amide bonds. The number of anilines is 1. The van der Waals surface area contributed by atoms with Gasteiger partial charge in [0.05, 0.1) is 5.92 Å². The van der Waals surface area contributed by atoms with E-state index >= 15 is 0 Å². The first-order chi connectivity index (χ1) is 10.5. The number of benzene rings is 1. The maximum atomic E-state index is 12.4. The van der Waals surface area contributed by atoms with Crippen LogP contribution in [0.15, 0.2) is 36.4 Å². The minimum atomic E-state index is -1.16. The van der Waals surface area contributed by atoms with E-state index in [4.69, 9.17) is 0 Å². The van der Waals surface area contributed by atoms with Crippen LogP contribution in [0.1, 0.15) is 23.7 Å². The van der Waals surface area contributed by atoms with Gasteiger partial charge in [-0.25, -0.2) is 0 Å². The van der Waals surface area contributed by atoms with Crippen LogP contribution >= 0.6 is 0 Å². The summed E-state index contributed by atoms with van der Waals surface area (Å²) >= 11 is 0. The van der Waals surface area contributed by atoms with Crippen LogP contribution in [0.25, 0.3) is 0 Å². The number of hydrogen-bond donors (Lipinski definition) is 1. The lowest BCUT2D eigenvalue weighted by molar-refractivity contribution is -0.313. The largest absolute Gasteiger partial charge is 0.550 e. The summed E-state index contributed by atoms with van der Waals surface area (Å²) in [6, 6.07) is 6.56. The predicted molar refractivity (Wildman–Crippen MR) is 77.8 cm³/mol. The molecule has 1 N–H and O–H groups in total. The average Bonchev–Trinajstić information content (AvgIpc) is 3.08. The smallest absolute Gasteiger partial charge is 0.228 e. The summed E-state index contributed by atoms with van der Waals surface area (Å²) in [5.41, 5.74) is 1.12. The zero-order valence-corrected chi connectivity index (χ0v) is 12.1. The Morgan fingerprint density at radius 2 is 1.64 bits per heavy atom. The highest BCUT2D eigenvalue weighted by atomic mass is 16.4. The maximum Gasteiger partial charge on any atom is 0.228 e. The van der Waals surface area contributed by atoms with E-state index in [-0.39, 0.29) is 23.5 Å². The van der Waals surface area contributed by atoms with Gasteiger partial charge in [0.1, 0.15) is 0 Å². The van der Waals surface area contributed by atoms with Gasteiger partial charge < -0.3 is 15.2 Å². The average molecular weight is 298 g/mol. The first kappa shape index (κ1) is 14.5. The van der Waals surface area contributed by atoms with Crippen LogP contribution in [0.3, 0.4) is 0 Å². The molecule has 5 heteroatoms. The number of carboxylic acid groups (broad SMARTS) is 1. The van der Waals surface area contributed by atoms with E-state index < -0.39 is 17.8 Å². The zero-order valence-electron chi connectivity index (χ0n) is 12.1. The quantitative estimate of drug-likeness (QED) is 0.664. The number of Topliss-reactive ketones (excluding diaryl/α,β-unsaturated/α-hetero) is 1. The van der Waals surface area contributed by atoms with Crippen molar-refractivity contribution in [2.45, 2.75) is 13.3 Å². The van der Waals surface area contributed by atoms with Crippen molar-refractivity contribution in [3.8, 4) is 0 Å². The van der Waals surface area contributed by atoms with Crippen LogP contribution in [-0.2, 0) is 9.59 Å². The number of rotatable bonds is 4. The predicted octanol–water partition coefficient (Wildman–Crippen LogP) is 1.02. The summed E-state index contributed by atoms with van der Waals surface area (Å²) in [5, 5.41) is 14.1. The Morgan fingerprint density at radius 1 is 1.05 bits per heavy atom. The third-order valence-electron chi connectivity index (χ3n) is 4.59. The number of aliphatic carboxylic acids is 1. The van der Waals surface area contributed by atoms with E-state index in [1.165, 1.54) is 6.92 Å². The summed E-state index contributed by atoms with van der Waals surface area (Å²) in [6.07, 6.45) is 4.49. The molecule has 114 valence electrons. The SMILES string of the molecule is CC(=O)c1ccc(NC(=O)[C@@H]2[C@@H](C(=O)[O-])[C@H]3C=C[C@@H]2C3)cc1. The zero-order chi connectivity index (χ0) is 15.9. The molecule has 1 aromatic carbocycles. The summed E-state index contributed by atoms with van der Waals surface area (Å²) in [4.78, 5) is 35.0. The van der Waals surface area contributed by atoms with E-state index in [9.17, 15) is 19.5 Å².